The van der Waals surface area contributed by atoms with E-state index in [9.17, 15) is 13.2 Å². The SMILES string of the molecule is COc1ccc(C2=CCN(C[C@@H](O)C(F)(F)F)CC2)cc1OC. The minimum atomic E-state index is -4.58. The molecule has 7 heteroatoms. The molecule has 0 saturated heterocycles. The van der Waals surface area contributed by atoms with Crippen LogP contribution < -0.4 is 9.47 Å². The van der Waals surface area contributed by atoms with Crippen LogP contribution in [0.4, 0.5) is 13.2 Å². The Kier molecular flexibility index (Phi) is 5.54. The van der Waals surface area contributed by atoms with Crippen molar-refractivity contribution in [2.75, 3.05) is 33.9 Å². The number of halogens is 3. The molecule has 4 nitrogen and oxygen atoms in total. The summed E-state index contributed by atoms with van der Waals surface area (Å²) >= 11 is 0. The first-order chi connectivity index (χ1) is 10.8. The third-order valence-corrected chi connectivity index (χ3v) is 3.86. The fraction of sp³-hybridized carbons (Fsp3) is 0.500. The first-order valence-corrected chi connectivity index (χ1v) is 7.23. The second-order valence-corrected chi connectivity index (χ2v) is 5.37. The molecule has 1 heterocycles. The molecule has 1 aliphatic heterocycles. The molecule has 128 valence electrons. The zero-order chi connectivity index (χ0) is 17.0. The molecule has 23 heavy (non-hydrogen) atoms. The van der Waals surface area contributed by atoms with Crippen molar-refractivity contribution in [2.45, 2.75) is 18.7 Å². The highest BCUT2D eigenvalue weighted by molar-refractivity contribution is 5.69. The summed E-state index contributed by atoms with van der Waals surface area (Å²) in [5, 5.41) is 9.13. The predicted octanol–water partition coefficient (Wildman–Crippen LogP) is 2.72. The van der Waals surface area contributed by atoms with E-state index in [0.29, 0.717) is 31.0 Å². The van der Waals surface area contributed by atoms with Gasteiger partial charge in [0.1, 0.15) is 0 Å². The van der Waals surface area contributed by atoms with Gasteiger partial charge in [-0.05, 0) is 29.7 Å². The number of hydrogen-bond acceptors (Lipinski definition) is 4. The van der Waals surface area contributed by atoms with Crippen molar-refractivity contribution in [3.8, 4) is 11.5 Å². The first-order valence-electron chi connectivity index (χ1n) is 7.23. The zero-order valence-electron chi connectivity index (χ0n) is 13.1. The van der Waals surface area contributed by atoms with Crippen molar-refractivity contribution >= 4 is 5.57 Å². The van der Waals surface area contributed by atoms with Crippen LogP contribution in [-0.4, -0.2) is 56.1 Å². The van der Waals surface area contributed by atoms with Crippen LogP contribution in [0, 0.1) is 0 Å². The fourth-order valence-electron chi connectivity index (χ4n) is 2.52. The van der Waals surface area contributed by atoms with E-state index in [1.54, 1.807) is 25.2 Å². The number of alkyl halides is 3. The number of ether oxygens (including phenoxy) is 2. The van der Waals surface area contributed by atoms with Crippen molar-refractivity contribution in [2.24, 2.45) is 0 Å². The molecule has 0 bridgehead atoms. The summed E-state index contributed by atoms with van der Waals surface area (Å²) < 4.78 is 47.6. The van der Waals surface area contributed by atoms with Gasteiger partial charge in [0.05, 0.1) is 14.2 Å². The Labute approximate surface area is 133 Å². The number of hydrogen-bond donors (Lipinski definition) is 1. The summed E-state index contributed by atoms with van der Waals surface area (Å²) in [6.07, 6.45) is -4.39. The van der Waals surface area contributed by atoms with E-state index >= 15 is 0 Å². The fourth-order valence-corrected chi connectivity index (χ4v) is 2.52. The van der Waals surface area contributed by atoms with E-state index in [-0.39, 0.29) is 0 Å². The van der Waals surface area contributed by atoms with Crippen LogP contribution in [0.3, 0.4) is 0 Å². The minimum absolute atomic E-state index is 0.372. The van der Waals surface area contributed by atoms with Gasteiger partial charge in [-0.1, -0.05) is 12.1 Å². The Balaban J connectivity index is 2.04. The average molecular weight is 331 g/mol. The minimum Gasteiger partial charge on any atom is -0.493 e. The molecule has 0 aliphatic carbocycles. The largest absolute Gasteiger partial charge is 0.493 e. The van der Waals surface area contributed by atoms with Gasteiger partial charge in [-0.25, -0.2) is 0 Å². The summed E-state index contributed by atoms with van der Waals surface area (Å²) in [5.74, 6) is 1.24. The number of β-amino-alcohol motifs (C(OH)–C–C–N with tert-alkyl or cyclic N) is 1. The molecule has 2 rings (SSSR count). The van der Waals surface area contributed by atoms with Crippen LogP contribution in [0.5, 0.6) is 11.5 Å². The Morgan fingerprint density at radius 1 is 1.22 bits per heavy atom. The molecular formula is C16H20F3NO3. The molecule has 1 aromatic carbocycles. The lowest BCUT2D eigenvalue weighted by molar-refractivity contribution is -0.207. The van der Waals surface area contributed by atoms with Crippen LogP contribution in [0.15, 0.2) is 24.3 Å². The third-order valence-electron chi connectivity index (χ3n) is 3.86. The quantitative estimate of drug-likeness (QED) is 0.901. The highest BCUT2D eigenvalue weighted by Crippen LogP contribution is 2.32. The summed E-state index contributed by atoms with van der Waals surface area (Å²) in [6, 6.07) is 5.55. The van der Waals surface area contributed by atoms with E-state index in [1.165, 1.54) is 0 Å². The molecule has 0 amide bonds. The van der Waals surface area contributed by atoms with Crippen molar-refractivity contribution in [3.05, 3.63) is 29.8 Å². The van der Waals surface area contributed by atoms with E-state index in [0.717, 1.165) is 11.1 Å². The maximum atomic E-state index is 12.4. The summed E-state index contributed by atoms with van der Waals surface area (Å²) in [6.45, 7) is 0.434. The van der Waals surface area contributed by atoms with Crippen LogP contribution in [-0.2, 0) is 0 Å². The van der Waals surface area contributed by atoms with E-state index < -0.39 is 18.8 Å². The van der Waals surface area contributed by atoms with Gasteiger partial charge in [0, 0.05) is 19.6 Å². The molecule has 1 aromatic rings. The second-order valence-electron chi connectivity index (χ2n) is 5.37. The van der Waals surface area contributed by atoms with E-state index in [1.807, 2.05) is 18.2 Å². The molecule has 0 spiro atoms. The molecule has 0 unspecified atom stereocenters. The molecule has 1 atom stereocenters. The van der Waals surface area contributed by atoms with Crippen molar-refractivity contribution in [1.29, 1.82) is 0 Å². The highest BCUT2D eigenvalue weighted by Gasteiger charge is 2.39. The zero-order valence-corrected chi connectivity index (χ0v) is 13.1. The predicted molar refractivity (Wildman–Crippen MR) is 80.6 cm³/mol. The summed E-state index contributed by atoms with van der Waals surface area (Å²) in [5.41, 5.74) is 2.00. The van der Waals surface area contributed by atoms with Gasteiger partial charge in [-0.2, -0.15) is 13.2 Å². The monoisotopic (exact) mass is 331 g/mol. The van der Waals surface area contributed by atoms with Crippen molar-refractivity contribution in [1.82, 2.24) is 4.90 Å². The number of aliphatic hydroxyl groups excluding tert-OH is 1. The lowest BCUT2D eigenvalue weighted by Gasteiger charge is -2.29. The highest BCUT2D eigenvalue weighted by atomic mass is 19.4. The van der Waals surface area contributed by atoms with Gasteiger partial charge in [0.15, 0.2) is 17.6 Å². The number of aliphatic hydroxyl groups is 1. The van der Waals surface area contributed by atoms with Gasteiger partial charge < -0.3 is 14.6 Å². The van der Waals surface area contributed by atoms with Crippen molar-refractivity contribution in [3.63, 3.8) is 0 Å². The topological polar surface area (TPSA) is 41.9 Å². The van der Waals surface area contributed by atoms with Gasteiger partial charge in [-0.3, -0.25) is 4.90 Å². The van der Waals surface area contributed by atoms with Crippen LogP contribution >= 0.6 is 0 Å². The standard InChI is InChI=1S/C16H20F3NO3/c1-22-13-4-3-12(9-14(13)23-2)11-5-7-20(8-6-11)10-15(21)16(17,18)19/h3-5,9,15,21H,6-8,10H2,1-2H3/t15-/m1/s1. The molecule has 1 aliphatic rings. The normalized spacial score (nSPS) is 17.6. The van der Waals surface area contributed by atoms with Crippen molar-refractivity contribution < 1.29 is 27.8 Å². The van der Waals surface area contributed by atoms with Gasteiger partial charge in [-0.15, -0.1) is 0 Å². The molecule has 0 radical (unpaired) electrons. The molecule has 1 N–H and O–H groups in total. The maximum absolute atomic E-state index is 12.4. The van der Waals surface area contributed by atoms with E-state index in [2.05, 4.69) is 0 Å². The maximum Gasteiger partial charge on any atom is 0.415 e. The average Bonchev–Trinajstić information content (AvgIpc) is 2.54. The van der Waals surface area contributed by atoms with Crippen LogP contribution in [0.25, 0.3) is 5.57 Å². The molecule has 0 aromatic heterocycles. The molecular weight excluding hydrogens is 311 g/mol. The first kappa shape index (κ1) is 17.6. The van der Waals surface area contributed by atoms with Gasteiger partial charge >= 0.3 is 6.18 Å². The van der Waals surface area contributed by atoms with Gasteiger partial charge in [0.25, 0.3) is 0 Å². The number of methoxy groups -OCH3 is 2. The smallest absolute Gasteiger partial charge is 0.415 e. The van der Waals surface area contributed by atoms with Crippen LogP contribution in [0.2, 0.25) is 0 Å². The molecule has 0 fully saturated rings. The molecule has 0 saturated carbocycles. The number of rotatable bonds is 5. The van der Waals surface area contributed by atoms with E-state index in [4.69, 9.17) is 14.6 Å². The summed E-state index contributed by atoms with van der Waals surface area (Å²) in [4.78, 5) is 1.59. The Morgan fingerprint density at radius 3 is 2.43 bits per heavy atom. The third kappa shape index (κ3) is 4.39. The summed E-state index contributed by atoms with van der Waals surface area (Å²) in [7, 11) is 3.11. The second kappa shape index (κ2) is 7.23. The van der Waals surface area contributed by atoms with Crippen LogP contribution in [0.1, 0.15) is 12.0 Å². The lowest BCUT2D eigenvalue weighted by Crippen LogP contribution is -2.42. The lowest BCUT2D eigenvalue weighted by atomic mass is 9.99. The Morgan fingerprint density at radius 2 is 1.91 bits per heavy atom. The number of benzene rings is 1. The van der Waals surface area contributed by atoms with Gasteiger partial charge in [0.2, 0.25) is 0 Å². The Bertz CT molecular complexity index is 572. The Hall–Kier alpha value is -1.73. The number of nitrogens with zero attached hydrogens (tertiary/aromatic N) is 1.